The molecule has 4 heteroatoms. The van der Waals surface area contributed by atoms with Gasteiger partial charge in [-0.25, -0.2) is 5.43 Å². The quantitative estimate of drug-likeness (QED) is 0.682. The highest BCUT2D eigenvalue weighted by molar-refractivity contribution is 5.83. The summed E-state index contributed by atoms with van der Waals surface area (Å²) < 4.78 is 2.20. The second-order valence-electron chi connectivity index (χ2n) is 5.43. The Morgan fingerprint density at radius 3 is 2.29 bits per heavy atom. The van der Waals surface area contributed by atoms with Crippen molar-refractivity contribution in [3.63, 3.8) is 0 Å². The number of hydrogen-bond donors (Lipinski definition) is 1. The highest BCUT2D eigenvalue weighted by Gasteiger charge is 2.10. The third-order valence-electron chi connectivity index (χ3n) is 3.36. The van der Waals surface area contributed by atoms with Gasteiger partial charge in [-0.3, -0.25) is 4.79 Å². The van der Waals surface area contributed by atoms with Gasteiger partial charge in [-0.15, -0.1) is 0 Å². The van der Waals surface area contributed by atoms with Crippen molar-refractivity contribution in [3.05, 3.63) is 52.3 Å². The number of rotatable bonds is 3. The molecule has 0 atom stereocenters. The summed E-state index contributed by atoms with van der Waals surface area (Å²) >= 11 is 0. The van der Waals surface area contributed by atoms with Crippen molar-refractivity contribution in [2.45, 2.75) is 34.6 Å². The summed E-state index contributed by atoms with van der Waals surface area (Å²) in [4.78, 5) is 10.9. The minimum atomic E-state index is -0.172. The van der Waals surface area contributed by atoms with Crippen LogP contribution in [0, 0.1) is 27.7 Å². The fourth-order valence-electron chi connectivity index (χ4n) is 2.59. The molecule has 0 saturated carbocycles. The lowest BCUT2D eigenvalue weighted by Crippen LogP contribution is -2.12. The molecule has 0 unspecified atom stereocenters. The number of carbonyl (C=O) groups is 1. The average molecular weight is 283 g/mol. The van der Waals surface area contributed by atoms with E-state index < -0.39 is 0 Å². The Balaban J connectivity index is 2.43. The summed E-state index contributed by atoms with van der Waals surface area (Å²) in [6.45, 7) is 9.77. The molecule has 1 aromatic heterocycles. The zero-order valence-electron chi connectivity index (χ0n) is 13.2. The van der Waals surface area contributed by atoms with E-state index in [4.69, 9.17) is 0 Å². The molecule has 0 spiro atoms. The lowest BCUT2D eigenvalue weighted by Gasteiger charge is -2.11. The third-order valence-corrected chi connectivity index (χ3v) is 3.36. The number of hydrogen-bond acceptors (Lipinski definition) is 2. The molecule has 21 heavy (non-hydrogen) atoms. The number of hydrazone groups is 1. The fourth-order valence-corrected chi connectivity index (χ4v) is 2.59. The molecule has 2 aromatic rings. The summed E-state index contributed by atoms with van der Waals surface area (Å²) in [6, 6.07) is 8.57. The van der Waals surface area contributed by atoms with Crippen LogP contribution < -0.4 is 5.43 Å². The van der Waals surface area contributed by atoms with Gasteiger partial charge in [-0.05, 0) is 57.0 Å². The number of carbonyl (C=O) groups excluding carboxylic acids is 1. The second-order valence-corrected chi connectivity index (χ2v) is 5.43. The molecule has 2 rings (SSSR count). The van der Waals surface area contributed by atoms with Gasteiger partial charge in [-0.1, -0.05) is 6.07 Å². The molecule has 1 aromatic carbocycles. The molecule has 1 heterocycles. The Morgan fingerprint density at radius 2 is 1.71 bits per heavy atom. The Hall–Kier alpha value is -2.36. The largest absolute Gasteiger partial charge is 0.318 e. The SMILES string of the molecule is CC(=O)N/N=C/c1cc(C)n(-c2cc(C)cc(C)c2)c1C. The smallest absolute Gasteiger partial charge is 0.236 e. The second kappa shape index (κ2) is 5.95. The lowest BCUT2D eigenvalue weighted by atomic mass is 10.1. The van der Waals surface area contributed by atoms with Crippen LogP contribution in [-0.4, -0.2) is 16.7 Å². The predicted molar refractivity (Wildman–Crippen MR) is 86.1 cm³/mol. The van der Waals surface area contributed by atoms with Gasteiger partial charge < -0.3 is 4.57 Å². The van der Waals surface area contributed by atoms with Crippen LogP contribution in [0.4, 0.5) is 0 Å². The molecule has 1 N–H and O–H groups in total. The first-order valence-corrected chi connectivity index (χ1v) is 6.95. The van der Waals surface area contributed by atoms with Crippen LogP contribution in [0.1, 0.15) is 35.0 Å². The standard InChI is InChI=1S/C17H21N3O/c1-11-6-12(2)8-17(7-11)20-13(3)9-16(14(20)4)10-18-19-15(5)21/h6-10H,1-5H3,(H,19,21)/b18-10+. The summed E-state index contributed by atoms with van der Waals surface area (Å²) in [7, 11) is 0. The molecule has 110 valence electrons. The summed E-state index contributed by atoms with van der Waals surface area (Å²) in [5.74, 6) is -0.172. The topological polar surface area (TPSA) is 46.4 Å². The minimum absolute atomic E-state index is 0.172. The molecule has 0 radical (unpaired) electrons. The highest BCUT2D eigenvalue weighted by atomic mass is 16.2. The van der Waals surface area contributed by atoms with Gasteiger partial charge in [-0.2, -0.15) is 5.10 Å². The van der Waals surface area contributed by atoms with Gasteiger partial charge in [0.15, 0.2) is 0 Å². The monoisotopic (exact) mass is 283 g/mol. The molecule has 0 aliphatic carbocycles. The van der Waals surface area contributed by atoms with Crippen molar-refractivity contribution in [1.82, 2.24) is 9.99 Å². The van der Waals surface area contributed by atoms with E-state index in [1.165, 1.54) is 18.1 Å². The Bertz CT molecular complexity index is 691. The van der Waals surface area contributed by atoms with Crippen molar-refractivity contribution in [2.75, 3.05) is 0 Å². The number of aryl methyl sites for hydroxylation is 3. The first-order chi connectivity index (χ1) is 9.88. The Morgan fingerprint density at radius 1 is 1.10 bits per heavy atom. The zero-order chi connectivity index (χ0) is 15.6. The van der Waals surface area contributed by atoms with E-state index >= 15 is 0 Å². The average Bonchev–Trinajstić information content (AvgIpc) is 2.62. The van der Waals surface area contributed by atoms with Crippen LogP contribution in [0.25, 0.3) is 5.69 Å². The van der Waals surface area contributed by atoms with Crippen molar-refractivity contribution in [2.24, 2.45) is 5.10 Å². The number of nitrogens with zero attached hydrogens (tertiary/aromatic N) is 2. The van der Waals surface area contributed by atoms with E-state index in [0.717, 1.165) is 22.6 Å². The van der Waals surface area contributed by atoms with Crippen LogP contribution in [0.2, 0.25) is 0 Å². The fraction of sp³-hybridized carbons (Fsp3) is 0.294. The van der Waals surface area contributed by atoms with Gasteiger partial charge in [0.1, 0.15) is 0 Å². The van der Waals surface area contributed by atoms with Crippen molar-refractivity contribution in [1.29, 1.82) is 0 Å². The highest BCUT2D eigenvalue weighted by Crippen LogP contribution is 2.21. The molecule has 0 saturated heterocycles. The van der Waals surface area contributed by atoms with E-state index in [1.54, 1.807) is 6.21 Å². The van der Waals surface area contributed by atoms with E-state index in [1.807, 2.05) is 0 Å². The maximum atomic E-state index is 10.9. The molecular formula is C17H21N3O. The molecular weight excluding hydrogens is 262 g/mol. The maximum absolute atomic E-state index is 10.9. The van der Waals surface area contributed by atoms with Crippen molar-refractivity contribution in [3.8, 4) is 5.69 Å². The molecule has 0 bridgehead atoms. The van der Waals surface area contributed by atoms with E-state index in [-0.39, 0.29) is 5.91 Å². The molecule has 0 aliphatic heterocycles. The first kappa shape index (κ1) is 15.0. The number of nitrogens with one attached hydrogen (secondary N) is 1. The summed E-state index contributed by atoms with van der Waals surface area (Å²) in [5.41, 5.74) is 9.31. The third kappa shape index (κ3) is 3.40. The first-order valence-electron chi connectivity index (χ1n) is 6.95. The van der Waals surface area contributed by atoms with E-state index in [0.29, 0.717) is 0 Å². The van der Waals surface area contributed by atoms with Crippen LogP contribution in [0.3, 0.4) is 0 Å². The lowest BCUT2D eigenvalue weighted by molar-refractivity contribution is -0.118. The van der Waals surface area contributed by atoms with Gasteiger partial charge in [0.2, 0.25) is 5.91 Å². The molecule has 1 amide bonds. The van der Waals surface area contributed by atoms with Gasteiger partial charge in [0.05, 0.1) is 6.21 Å². The van der Waals surface area contributed by atoms with Crippen LogP contribution in [-0.2, 0) is 4.79 Å². The van der Waals surface area contributed by atoms with Gasteiger partial charge >= 0.3 is 0 Å². The minimum Gasteiger partial charge on any atom is -0.318 e. The predicted octanol–water partition coefficient (Wildman–Crippen LogP) is 3.18. The summed E-state index contributed by atoms with van der Waals surface area (Å²) in [6.07, 6.45) is 1.68. The number of aromatic nitrogens is 1. The number of benzene rings is 1. The number of amides is 1. The normalized spacial score (nSPS) is 11.1. The van der Waals surface area contributed by atoms with Gasteiger partial charge in [0.25, 0.3) is 0 Å². The van der Waals surface area contributed by atoms with Crippen LogP contribution >= 0.6 is 0 Å². The van der Waals surface area contributed by atoms with Crippen molar-refractivity contribution < 1.29 is 4.79 Å². The Labute approximate surface area is 125 Å². The molecule has 0 fully saturated rings. The van der Waals surface area contributed by atoms with Crippen molar-refractivity contribution >= 4 is 12.1 Å². The van der Waals surface area contributed by atoms with E-state index in [2.05, 4.69) is 67.1 Å². The summed E-state index contributed by atoms with van der Waals surface area (Å²) in [5, 5.41) is 3.95. The van der Waals surface area contributed by atoms with E-state index in [9.17, 15) is 4.79 Å². The molecule has 4 nitrogen and oxygen atoms in total. The van der Waals surface area contributed by atoms with Gasteiger partial charge in [0, 0.05) is 29.6 Å². The van der Waals surface area contributed by atoms with Crippen LogP contribution in [0.5, 0.6) is 0 Å². The maximum Gasteiger partial charge on any atom is 0.236 e. The Kier molecular flexibility index (Phi) is 4.26. The molecule has 0 aliphatic rings. The zero-order valence-corrected chi connectivity index (χ0v) is 13.2. The van der Waals surface area contributed by atoms with Crippen LogP contribution in [0.15, 0.2) is 29.4 Å².